The van der Waals surface area contributed by atoms with Gasteiger partial charge in [0.25, 0.3) is 5.91 Å². The fourth-order valence-electron chi connectivity index (χ4n) is 3.27. The van der Waals surface area contributed by atoms with Crippen LogP contribution in [0.15, 0.2) is 18.2 Å². The first-order valence-corrected chi connectivity index (χ1v) is 8.28. The topological polar surface area (TPSA) is 82.1 Å². The maximum absolute atomic E-state index is 12.2. The predicted octanol–water partition coefficient (Wildman–Crippen LogP) is 1.45. The molecular weight excluding hydrogens is 310 g/mol. The molecule has 24 heavy (non-hydrogen) atoms. The Morgan fingerprint density at radius 2 is 2.08 bits per heavy atom. The molecule has 7 heteroatoms. The number of ether oxygens (including phenoxy) is 1. The van der Waals surface area contributed by atoms with E-state index >= 15 is 0 Å². The zero-order chi connectivity index (χ0) is 17.1. The first-order valence-electron chi connectivity index (χ1n) is 8.28. The van der Waals surface area contributed by atoms with Crippen molar-refractivity contribution >= 4 is 17.7 Å². The third-order valence-corrected chi connectivity index (χ3v) is 4.61. The molecule has 2 heterocycles. The van der Waals surface area contributed by atoms with Crippen molar-refractivity contribution in [2.45, 2.75) is 25.8 Å². The lowest BCUT2D eigenvalue weighted by atomic mass is 10.1. The summed E-state index contributed by atoms with van der Waals surface area (Å²) in [7, 11) is 0. The highest BCUT2D eigenvalue weighted by molar-refractivity contribution is 5.97. The van der Waals surface area contributed by atoms with E-state index in [1.807, 2.05) is 25.1 Å². The van der Waals surface area contributed by atoms with Crippen molar-refractivity contribution in [3.05, 3.63) is 23.8 Å². The Balaban J connectivity index is 1.57. The van der Waals surface area contributed by atoms with Gasteiger partial charge in [0.05, 0.1) is 5.69 Å². The first kappa shape index (κ1) is 16.6. The number of carboxylic acid groups (broad SMARTS) is 1. The van der Waals surface area contributed by atoms with Crippen LogP contribution >= 0.6 is 0 Å². The lowest BCUT2D eigenvalue weighted by molar-refractivity contribution is -0.121. The van der Waals surface area contributed by atoms with Gasteiger partial charge in [0.1, 0.15) is 5.75 Å². The Morgan fingerprint density at radius 1 is 1.33 bits per heavy atom. The van der Waals surface area contributed by atoms with E-state index in [1.54, 1.807) is 4.90 Å². The lowest BCUT2D eigenvalue weighted by Crippen LogP contribution is -2.48. The molecule has 0 spiro atoms. The smallest absolute Gasteiger partial charge is 0.404 e. The van der Waals surface area contributed by atoms with E-state index in [1.165, 1.54) is 0 Å². The standard InChI is InChI=1S/C17H23N3O4/c1-12-2-3-15-14(10-12)20(16(21)11-24-15)9-8-19-6-4-13(5-7-19)18-17(22)23/h2-3,10,13,18H,4-9,11H2,1H3,(H,22,23). The van der Waals surface area contributed by atoms with E-state index in [9.17, 15) is 9.59 Å². The van der Waals surface area contributed by atoms with E-state index in [4.69, 9.17) is 9.84 Å². The van der Waals surface area contributed by atoms with Crippen LogP contribution in [0.4, 0.5) is 10.5 Å². The minimum absolute atomic E-state index is 0.0180. The lowest BCUT2D eigenvalue weighted by Gasteiger charge is -2.35. The number of benzene rings is 1. The van der Waals surface area contributed by atoms with E-state index in [0.717, 1.165) is 49.5 Å². The number of hydrogen-bond donors (Lipinski definition) is 2. The van der Waals surface area contributed by atoms with Crippen molar-refractivity contribution in [1.29, 1.82) is 0 Å². The molecule has 1 aromatic carbocycles. The predicted molar refractivity (Wildman–Crippen MR) is 89.6 cm³/mol. The maximum Gasteiger partial charge on any atom is 0.404 e. The second-order valence-corrected chi connectivity index (χ2v) is 6.37. The molecule has 2 amide bonds. The van der Waals surface area contributed by atoms with Gasteiger partial charge in [0.15, 0.2) is 6.61 Å². The van der Waals surface area contributed by atoms with Crippen LogP contribution in [0.1, 0.15) is 18.4 Å². The molecule has 3 rings (SSSR count). The number of amides is 2. The summed E-state index contributed by atoms with van der Waals surface area (Å²) in [4.78, 5) is 27.0. The average molecular weight is 333 g/mol. The van der Waals surface area contributed by atoms with Crippen LogP contribution in [0.2, 0.25) is 0 Å². The molecule has 1 aromatic rings. The third kappa shape index (κ3) is 3.79. The molecule has 0 radical (unpaired) electrons. The SMILES string of the molecule is Cc1ccc2c(c1)N(CCN1CCC(NC(=O)O)CC1)C(=O)CO2. The van der Waals surface area contributed by atoms with Crippen LogP contribution in [0.5, 0.6) is 5.75 Å². The van der Waals surface area contributed by atoms with Gasteiger partial charge < -0.3 is 25.0 Å². The number of carbonyl (C=O) groups excluding carboxylic acids is 1. The number of likely N-dealkylation sites (tertiary alicyclic amines) is 1. The fourth-order valence-corrected chi connectivity index (χ4v) is 3.27. The minimum atomic E-state index is -0.959. The summed E-state index contributed by atoms with van der Waals surface area (Å²) < 4.78 is 5.50. The molecular formula is C17H23N3O4. The van der Waals surface area contributed by atoms with Crippen molar-refractivity contribution in [2.24, 2.45) is 0 Å². The Morgan fingerprint density at radius 3 is 2.79 bits per heavy atom. The highest BCUT2D eigenvalue weighted by Crippen LogP contribution is 2.32. The van der Waals surface area contributed by atoms with Crippen LogP contribution in [-0.2, 0) is 4.79 Å². The van der Waals surface area contributed by atoms with Crippen molar-refractivity contribution in [3.63, 3.8) is 0 Å². The molecule has 130 valence electrons. The van der Waals surface area contributed by atoms with Gasteiger partial charge in [-0.15, -0.1) is 0 Å². The highest BCUT2D eigenvalue weighted by Gasteiger charge is 2.27. The molecule has 2 aliphatic heterocycles. The van der Waals surface area contributed by atoms with Crippen LogP contribution in [0, 0.1) is 6.92 Å². The Labute approximate surface area is 141 Å². The van der Waals surface area contributed by atoms with Crippen molar-refractivity contribution in [2.75, 3.05) is 37.7 Å². The van der Waals surface area contributed by atoms with E-state index in [2.05, 4.69) is 10.2 Å². The molecule has 2 aliphatic rings. The first-order chi connectivity index (χ1) is 11.5. The number of rotatable bonds is 4. The molecule has 0 unspecified atom stereocenters. The summed E-state index contributed by atoms with van der Waals surface area (Å²) in [6, 6.07) is 5.91. The number of nitrogens with zero attached hydrogens (tertiary/aromatic N) is 2. The van der Waals surface area contributed by atoms with Gasteiger partial charge in [-0.1, -0.05) is 6.07 Å². The molecule has 7 nitrogen and oxygen atoms in total. The van der Waals surface area contributed by atoms with Crippen molar-refractivity contribution in [1.82, 2.24) is 10.2 Å². The monoisotopic (exact) mass is 333 g/mol. The zero-order valence-corrected chi connectivity index (χ0v) is 13.8. The van der Waals surface area contributed by atoms with Crippen LogP contribution < -0.4 is 15.0 Å². The van der Waals surface area contributed by atoms with Crippen molar-refractivity contribution in [3.8, 4) is 5.75 Å². The normalized spacial score (nSPS) is 18.9. The molecule has 0 aliphatic carbocycles. The van der Waals surface area contributed by atoms with Gasteiger partial charge in [0, 0.05) is 32.2 Å². The van der Waals surface area contributed by atoms with Crippen LogP contribution in [-0.4, -0.2) is 60.8 Å². The summed E-state index contributed by atoms with van der Waals surface area (Å²) >= 11 is 0. The molecule has 1 fully saturated rings. The largest absolute Gasteiger partial charge is 0.482 e. The molecule has 0 bridgehead atoms. The number of aryl methyl sites for hydroxylation is 1. The average Bonchev–Trinajstić information content (AvgIpc) is 2.55. The number of piperidine rings is 1. The van der Waals surface area contributed by atoms with Gasteiger partial charge in [-0.05, 0) is 37.5 Å². The minimum Gasteiger partial charge on any atom is -0.482 e. The van der Waals surface area contributed by atoms with Gasteiger partial charge in [-0.2, -0.15) is 0 Å². The molecule has 1 saturated heterocycles. The molecule has 0 atom stereocenters. The zero-order valence-electron chi connectivity index (χ0n) is 13.8. The summed E-state index contributed by atoms with van der Waals surface area (Å²) in [5.41, 5.74) is 1.94. The molecule has 0 saturated carbocycles. The van der Waals surface area contributed by atoms with Gasteiger partial charge in [-0.3, -0.25) is 4.79 Å². The van der Waals surface area contributed by atoms with Crippen molar-refractivity contribution < 1.29 is 19.4 Å². The Kier molecular flexibility index (Phi) is 4.89. The summed E-state index contributed by atoms with van der Waals surface area (Å²) in [6.07, 6.45) is 0.650. The van der Waals surface area contributed by atoms with Crippen LogP contribution in [0.25, 0.3) is 0 Å². The van der Waals surface area contributed by atoms with E-state index in [-0.39, 0.29) is 18.6 Å². The second kappa shape index (κ2) is 7.09. The summed E-state index contributed by atoms with van der Waals surface area (Å²) in [5.74, 6) is 0.736. The maximum atomic E-state index is 12.2. The number of carbonyl (C=O) groups is 2. The van der Waals surface area contributed by atoms with E-state index < -0.39 is 6.09 Å². The quantitative estimate of drug-likeness (QED) is 0.871. The van der Waals surface area contributed by atoms with E-state index in [0.29, 0.717) is 6.54 Å². The number of hydrogen-bond acceptors (Lipinski definition) is 4. The Hall–Kier alpha value is -2.28. The number of nitrogens with one attached hydrogen (secondary N) is 1. The number of anilines is 1. The van der Waals surface area contributed by atoms with Gasteiger partial charge >= 0.3 is 6.09 Å². The molecule has 0 aromatic heterocycles. The van der Waals surface area contributed by atoms with Crippen LogP contribution in [0.3, 0.4) is 0 Å². The second-order valence-electron chi connectivity index (χ2n) is 6.37. The summed E-state index contributed by atoms with van der Waals surface area (Å²) in [5, 5.41) is 11.3. The number of fused-ring (bicyclic) bond motifs is 1. The van der Waals surface area contributed by atoms with Gasteiger partial charge in [-0.25, -0.2) is 4.79 Å². The third-order valence-electron chi connectivity index (χ3n) is 4.61. The Bertz CT molecular complexity index is 626. The molecule has 2 N–H and O–H groups in total. The van der Waals surface area contributed by atoms with Gasteiger partial charge in [0.2, 0.25) is 0 Å². The summed E-state index contributed by atoms with van der Waals surface area (Å²) in [6.45, 7) is 5.15. The highest BCUT2D eigenvalue weighted by atomic mass is 16.5. The fraction of sp³-hybridized carbons (Fsp3) is 0.529.